The number of nitrogens with one attached hydrogen (secondary N) is 1. The second-order valence-corrected chi connectivity index (χ2v) is 4.34. The normalized spacial score (nSPS) is 19.4. The van der Waals surface area contributed by atoms with Gasteiger partial charge in [0.2, 0.25) is 0 Å². The van der Waals surface area contributed by atoms with Gasteiger partial charge < -0.3 is 14.4 Å². The third kappa shape index (κ3) is 1.91. The summed E-state index contributed by atoms with van der Waals surface area (Å²) in [5, 5.41) is 16.2. The molecule has 0 spiro atoms. The molecule has 0 aromatic carbocycles. The fourth-order valence-corrected chi connectivity index (χ4v) is 2.08. The Kier molecular flexibility index (Phi) is 2.64. The van der Waals surface area contributed by atoms with Crippen molar-refractivity contribution in [2.24, 2.45) is 0 Å². The van der Waals surface area contributed by atoms with E-state index in [2.05, 4.69) is 10.2 Å². The minimum Gasteiger partial charge on any atom is -0.463 e. The van der Waals surface area contributed by atoms with Gasteiger partial charge in [-0.3, -0.25) is 9.89 Å². The van der Waals surface area contributed by atoms with Crippen LogP contribution in [0, 0.1) is 0 Å². The summed E-state index contributed by atoms with van der Waals surface area (Å²) in [4.78, 5) is 13.7. The van der Waals surface area contributed by atoms with Crippen LogP contribution >= 0.6 is 0 Å². The lowest BCUT2D eigenvalue weighted by molar-refractivity contribution is 0.0759. The van der Waals surface area contributed by atoms with Crippen molar-refractivity contribution in [1.82, 2.24) is 15.1 Å². The Balaban J connectivity index is 1.79. The number of aromatic amines is 1. The number of carbonyl (C=O) groups excluding carboxylic acids is 1. The maximum absolute atomic E-state index is 12.1. The van der Waals surface area contributed by atoms with Gasteiger partial charge in [-0.2, -0.15) is 5.10 Å². The Hall–Kier alpha value is -2.08. The number of aliphatic hydroxyl groups is 1. The molecule has 1 aliphatic heterocycles. The van der Waals surface area contributed by atoms with Gasteiger partial charge >= 0.3 is 0 Å². The summed E-state index contributed by atoms with van der Waals surface area (Å²) in [5.41, 5.74) is 1.01. The Labute approximate surface area is 103 Å². The monoisotopic (exact) mass is 247 g/mol. The quantitative estimate of drug-likeness (QED) is 0.825. The first-order valence-corrected chi connectivity index (χ1v) is 5.80. The van der Waals surface area contributed by atoms with E-state index in [4.69, 9.17) is 4.42 Å². The van der Waals surface area contributed by atoms with Crippen molar-refractivity contribution in [1.29, 1.82) is 0 Å². The molecule has 6 heteroatoms. The van der Waals surface area contributed by atoms with Crippen LogP contribution in [-0.4, -0.2) is 45.3 Å². The average molecular weight is 247 g/mol. The highest BCUT2D eigenvalue weighted by Gasteiger charge is 2.27. The van der Waals surface area contributed by atoms with Gasteiger partial charge in [-0.05, 0) is 18.6 Å². The van der Waals surface area contributed by atoms with E-state index in [1.165, 1.54) is 0 Å². The Morgan fingerprint density at radius 1 is 1.61 bits per heavy atom. The predicted molar refractivity (Wildman–Crippen MR) is 62.8 cm³/mol. The molecular formula is C12H13N3O3. The van der Waals surface area contributed by atoms with Gasteiger partial charge in [-0.25, -0.2) is 0 Å². The van der Waals surface area contributed by atoms with E-state index in [9.17, 15) is 9.90 Å². The Morgan fingerprint density at radius 2 is 2.50 bits per heavy atom. The van der Waals surface area contributed by atoms with Crippen LogP contribution in [0.25, 0.3) is 11.5 Å². The topological polar surface area (TPSA) is 82.4 Å². The van der Waals surface area contributed by atoms with Crippen LogP contribution in [0.2, 0.25) is 0 Å². The summed E-state index contributed by atoms with van der Waals surface area (Å²) < 4.78 is 5.22. The van der Waals surface area contributed by atoms with Gasteiger partial charge in [0.05, 0.1) is 12.4 Å². The molecule has 2 aromatic rings. The van der Waals surface area contributed by atoms with E-state index in [-0.39, 0.29) is 5.91 Å². The number of rotatable bonds is 2. The second-order valence-electron chi connectivity index (χ2n) is 4.34. The third-order valence-corrected chi connectivity index (χ3v) is 3.03. The van der Waals surface area contributed by atoms with E-state index in [1.54, 1.807) is 29.4 Å². The molecule has 0 saturated carbocycles. The number of β-amino-alcohol motifs (C(OH)–C–C–N with tert-alkyl or cyclic N) is 1. The van der Waals surface area contributed by atoms with E-state index in [0.717, 1.165) is 0 Å². The lowest BCUT2D eigenvalue weighted by Crippen LogP contribution is -2.29. The zero-order valence-corrected chi connectivity index (χ0v) is 9.67. The molecule has 94 valence electrons. The number of amides is 1. The van der Waals surface area contributed by atoms with Crippen molar-refractivity contribution in [3.05, 3.63) is 30.2 Å². The molecule has 1 amide bonds. The molecule has 0 unspecified atom stereocenters. The van der Waals surface area contributed by atoms with Gasteiger partial charge in [0, 0.05) is 19.2 Å². The molecule has 0 aliphatic carbocycles. The van der Waals surface area contributed by atoms with Crippen LogP contribution < -0.4 is 0 Å². The zero-order chi connectivity index (χ0) is 12.5. The molecule has 18 heavy (non-hydrogen) atoms. The summed E-state index contributed by atoms with van der Waals surface area (Å²) in [6.07, 6.45) is 1.77. The first kappa shape index (κ1) is 11.0. The molecule has 2 aromatic heterocycles. The lowest BCUT2D eigenvalue weighted by Gasteiger charge is -2.12. The molecule has 2 N–H and O–H groups in total. The standard InChI is InChI=1S/C12H13N3O3/c16-8-3-4-15(7-8)12(17)10-6-9(13-14-10)11-2-1-5-18-11/h1-2,5-6,8,16H,3-4,7H2,(H,13,14)/t8-/m1/s1. The maximum atomic E-state index is 12.1. The van der Waals surface area contributed by atoms with Gasteiger partial charge in [0.25, 0.3) is 5.91 Å². The molecule has 3 heterocycles. The highest BCUT2D eigenvalue weighted by Crippen LogP contribution is 2.19. The highest BCUT2D eigenvalue weighted by molar-refractivity contribution is 5.93. The van der Waals surface area contributed by atoms with Crippen molar-refractivity contribution in [3.8, 4) is 11.5 Å². The van der Waals surface area contributed by atoms with Crippen LogP contribution in [0.4, 0.5) is 0 Å². The van der Waals surface area contributed by atoms with Gasteiger partial charge in [-0.15, -0.1) is 0 Å². The molecule has 1 saturated heterocycles. The third-order valence-electron chi connectivity index (χ3n) is 3.03. The average Bonchev–Trinajstić information content (AvgIpc) is 3.09. The summed E-state index contributed by atoms with van der Waals surface area (Å²) in [6, 6.07) is 5.22. The molecule has 6 nitrogen and oxygen atoms in total. The van der Waals surface area contributed by atoms with Crippen molar-refractivity contribution in [3.63, 3.8) is 0 Å². The first-order valence-electron chi connectivity index (χ1n) is 5.80. The Morgan fingerprint density at radius 3 is 3.17 bits per heavy atom. The number of hydrogen-bond donors (Lipinski definition) is 2. The van der Waals surface area contributed by atoms with Crippen LogP contribution in [0.15, 0.2) is 28.9 Å². The summed E-state index contributed by atoms with van der Waals surface area (Å²) >= 11 is 0. The Bertz CT molecular complexity index is 547. The summed E-state index contributed by atoms with van der Waals surface area (Å²) in [7, 11) is 0. The lowest BCUT2D eigenvalue weighted by atomic mass is 10.3. The van der Waals surface area contributed by atoms with Gasteiger partial charge in [0.1, 0.15) is 5.69 Å². The van der Waals surface area contributed by atoms with Crippen LogP contribution in [0.1, 0.15) is 16.9 Å². The smallest absolute Gasteiger partial charge is 0.274 e. The molecule has 1 fully saturated rings. The number of furan rings is 1. The first-order chi connectivity index (χ1) is 8.74. The van der Waals surface area contributed by atoms with E-state index >= 15 is 0 Å². The van der Waals surface area contributed by atoms with E-state index in [0.29, 0.717) is 36.7 Å². The van der Waals surface area contributed by atoms with Crippen LogP contribution in [0.3, 0.4) is 0 Å². The molecule has 0 bridgehead atoms. The second kappa shape index (κ2) is 4.30. The SMILES string of the molecule is O=C(c1cc(-c2ccco2)[nH]n1)N1CC[C@@H](O)C1. The minimum atomic E-state index is -0.419. The molecule has 3 rings (SSSR count). The molecule has 1 atom stereocenters. The van der Waals surface area contributed by atoms with Crippen molar-refractivity contribution in [2.45, 2.75) is 12.5 Å². The fourth-order valence-electron chi connectivity index (χ4n) is 2.08. The maximum Gasteiger partial charge on any atom is 0.274 e. The van der Waals surface area contributed by atoms with Crippen molar-refractivity contribution in [2.75, 3.05) is 13.1 Å². The highest BCUT2D eigenvalue weighted by atomic mass is 16.3. The minimum absolute atomic E-state index is 0.166. The molecular weight excluding hydrogens is 234 g/mol. The van der Waals surface area contributed by atoms with Crippen LogP contribution in [-0.2, 0) is 0 Å². The molecule has 1 aliphatic rings. The number of likely N-dealkylation sites (tertiary alicyclic amines) is 1. The summed E-state index contributed by atoms with van der Waals surface area (Å²) in [6.45, 7) is 0.949. The number of aliphatic hydroxyl groups excluding tert-OH is 1. The van der Waals surface area contributed by atoms with Crippen LogP contribution in [0.5, 0.6) is 0 Å². The van der Waals surface area contributed by atoms with Crippen molar-refractivity contribution >= 4 is 5.91 Å². The number of carbonyl (C=O) groups is 1. The number of nitrogens with zero attached hydrogens (tertiary/aromatic N) is 2. The van der Waals surface area contributed by atoms with Gasteiger partial charge in [0.15, 0.2) is 11.5 Å². The zero-order valence-electron chi connectivity index (χ0n) is 9.67. The largest absolute Gasteiger partial charge is 0.463 e. The predicted octanol–water partition coefficient (Wildman–Crippen LogP) is 0.876. The van der Waals surface area contributed by atoms with E-state index < -0.39 is 6.10 Å². The fraction of sp³-hybridized carbons (Fsp3) is 0.333. The molecule has 0 radical (unpaired) electrons. The van der Waals surface area contributed by atoms with Gasteiger partial charge in [-0.1, -0.05) is 0 Å². The van der Waals surface area contributed by atoms with E-state index in [1.807, 2.05) is 0 Å². The summed E-state index contributed by atoms with van der Waals surface area (Å²) in [5.74, 6) is 0.476. The number of hydrogen-bond acceptors (Lipinski definition) is 4. The number of H-pyrrole nitrogens is 1. The number of aromatic nitrogens is 2. The van der Waals surface area contributed by atoms with Crippen molar-refractivity contribution < 1.29 is 14.3 Å².